The molecule has 0 aliphatic rings. The van der Waals surface area contributed by atoms with Crippen LogP contribution in [0.2, 0.25) is 0 Å². The molecular formula is C18H13N3O2S. The molecule has 1 amide bonds. The molecule has 4 rings (SSSR count). The molecule has 118 valence electrons. The molecule has 0 radical (unpaired) electrons. The summed E-state index contributed by atoms with van der Waals surface area (Å²) >= 11 is 1.45. The van der Waals surface area contributed by atoms with Gasteiger partial charge in [-0.15, -0.1) is 0 Å². The maximum atomic E-state index is 12.0. The first kappa shape index (κ1) is 14.6. The summed E-state index contributed by atoms with van der Waals surface area (Å²) in [5.74, 6) is 0.124. The van der Waals surface area contributed by atoms with Crippen molar-refractivity contribution in [1.82, 2.24) is 9.97 Å². The SMILES string of the molecule is Cc1ccc2nc(NC(=O)/C=C/c3nc4ccccc4o3)sc2c1. The van der Waals surface area contributed by atoms with E-state index >= 15 is 0 Å². The van der Waals surface area contributed by atoms with Gasteiger partial charge in [-0.05, 0) is 36.8 Å². The molecule has 0 saturated heterocycles. The van der Waals surface area contributed by atoms with Crippen molar-refractivity contribution in [3.8, 4) is 0 Å². The summed E-state index contributed by atoms with van der Waals surface area (Å²) in [4.78, 5) is 20.7. The monoisotopic (exact) mass is 335 g/mol. The van der Waals surface area contributed by atoms with E-state index in [2.05, 4.69) is 21.4 Å². The minimum Gasteiger partial charge on any atom is -0.437 e. The van der Waals surface area contributed by atoms with Crippen LogP contribution in [0.1, 0.15) is 11.5 Å². The molecule has 2 aromatic heterocycles. The van der Waals surface area contributed by atoms with Gasteiger partial charge in [-0.3, -0.25) is 10.1 Å². The number of rotatable bonds is 3. The third kappa shape index (κ3) is 2.91. The van der Waals surface area contributed by atoms with E-state index < -0.39 is 0 Å². The molecular weight excluding hydrogens is 322 g/mol. The van der Waals surface area contributed by atoms with Gasteiger partial charge < -0.3 is 4.42 Å². The number of carbonyl (C=O) groups is 1. The lowest BCUT2D eigenvalue weighted by Gasteiger charge is -1.93. The number of para-hydroxylation sites is 2. The number of thiazole rings is 1. The number of anilines is 1. The van der Waals surface area contributed by atoms with Crippen molar-refractivity contribution < 1.29 is 9.21 Å². The third-order valence-corrected chi connectivity index (χ3v) is 4.40. The van der Waals surface area contributed by atoms with Crippen LogP contribution >= 0.6 is 11.3 Å². The van der Waals surface area contributed by atoms with Gasteiger partial charge in [-0.25, -0.2) is 9.97 Å². The molecule has 0 unspecified atom stereocenters. The normalized spacial score (nSPS) is 11.5. The Morgan fingerprint density at radius 1 is 1.17 bits per heavy atom. The quantitative estimate of drug-likeness (QED) is 0.564. The van der Waals surface area contributed by atoms with Crippen molar-refractivity contribution >= 4 is 49.8 Å². The van der Waals surface area contributed by atoms with Crippen LogP contribution in [0.25, 0.3) is 27.4 Å². The van der Waals surface area contributed by atoms with E-state index in [1.165, 1.54) is 23.0 Å². The molecule has 0 spiro atoms. The van der Waals surface area contributed by atoms with Crippen molar-refractivity contribution in [2.45, 2.75) is 6.92 Å². The van der Waals surface area contributed by atoms with Gasteiger partial charge in [0, 0.05) is 12.2 Å². The number of hydrogen-bond acceptors (Lipinski definition) is 5. The number of oxazole rings is 1. The molecule has 2 heterocycles. The number of hydrogen-bond donors (Lipinski definition) is 1. The van der Waals surface area contributed by atoms with Gasteiger partial charge in [0.2, 0.25) is 11.8 Å². The number of carbonyl (C=O) groups excluding carboxylic acids is 1. The number of amides is 1. The second-order valence-corrected chi connectivity index (χ2v) is 6.36. The molecule has 0 bridgehead atoms. The molecule has 1 N–H and O–H groups in total. The van der Waals surface area contributed by atoms with Gasteiger partial charge >= 0.3 is 0 Å². The van der Waals surface area contributed by atoms with Crippen LogP contribution in [0.3, 0.4) is 0 Å². The highest BCUT2D eigenvalue weighted by Crippen LogP contribution is 2.26. The summed E-state index contributed by atoms with van der Waals surface area (Å²) < 4.78 is 6.59. The third-order valence-electron chi connectivity index (χ3n) is 3.46. The van der Waals surface area contributed by atoms with Crippen LogP contribution in [0.4, 0.5) is 5.13 Å². The minimum absolute atomic E-state index is 0.270. The average molecular weight is 335 g/mol. The maximum absolute atomic E-state index is 12.0. The Bertz CT molecular complexity index is 1050. The summed E-state index contributed by atoms with van der Waals surface area (Å²) in [7, 11) is 0. The smallest absolute Gasteiger partial charge is 0.250 e. The molecule has 4 aromatic rings. The van der Waals surface area contributed by atoms with Gasteiger partial charge in [-0.2, -0.15) is 0 Å². The number of benzene rings is 2. The van der Waals surface area contributed by atoms with Crippen molar-refractivity contribution in [2.24, 2.45) is 0 Å². The van der Waals surface area contributed by atoms with Crippen molar-refractivity contribution in [3.63, 3.8) is 0 Å². The average Bonchev–Trinajstić information content (AvgIpc) is 3.15. The lowest BCUT2D eigenvalue weighted by molar-refractivity contribution is -0.111. The Morgan fingerprint density at radius 2 is 2.04 bits per heavy atom. The van der Waals surface area contributed by atoms with Gasteiger partial charge in [-0.1, -0.05) is 29.5 Å². The van der Waals surface area contributed by atoms with Gasteiger partial charge in [0.05, 0.1) is 10.2 Å². The minimum atomic E-state index is -0.270. The van der Waals surface area contributed by atoms with Gasteiger partial charge in [0.25, 0.3) is 0 Å². The standard InChI is InChI=1S/C18H13N3O2S/c1-11-6-7-13-15(10-11)24-18(20-13)21-16(22)8-9-17-19-12-4-2-3-5-14(12)23-17/h2-10H,1H3,(H,20,21,22)/b9-8+. The molecule has 24 heavy (non-hydrogen) atoms. The maximum Gasteiger partial charge on any atom is 0.250 e. The fourth-order valence-electron chi connectivity index (χ4n) is 2.34. The highest BCUT2D eigenvalue weighted by atomic mass is 32.1. The first-order valence-electron chi connectivity index (χ1n) is 7.39. The number of fused-ring (bicyclic) bond motifs is 2. The van der Waals surface area contributed by atoms with Crippen LogP contribution in [-0.2, 0) is 4.79 Å². The van der Waals surface area contributed by atoms with Gasteiger partial charge in [0.15, 0.2) is 10.7 Å². The van der Waals surface area contributed by atoms with Gasteiger partial charge in [0.1, 0.15) is 5.52 Å². The van der Waals surface area contributed by atoms with E-state index in [-0.39, 0.29) is 5.91 Å². The zero-order valence-corrected chi connectivity index (χ0v) is 13.6. The Balaban J connectivity index is 1.50. The number of aromatic nitrogens is 2. The second-order valence-electron chi connectivity index (χ2n) is 5.33. The summed E-state index contributed by atoms with van der Waals surface area (Å²) in [6.45, 7) is 2.03. The first-order valence-corrected chi connectivity index (χ1v) is 8.21. The first-order chi connectivity index (χ1) is 11.7. The number of aryl methyl sites for hydroxylation is 1. The van der Waals surface area contributed by atoms with Crippen LogP contribution in [0.5, 0.6) is 0 Å². The highest BCUT2D eigenvalue weighted by Gasteiger charge is 2.07. The highest BCUT2D eigenvalue weighted by molar-refractivity contribution is 7.22. The lowest BCUT2D eigenvalue weighted by Crippen LogP contribution is -2.07. The topological polar surface area (TPSA) is 68.0 Å². The molecule has 6 heteroatoms. The lowest BCUT2D eigenvalue weighted by atomic mass is 10.2. The Hall–Kier alpha value is -2.99. The van der Waals surface area contributed by atoms with Crippen LogP contribution in [0.15, 0.2) is 53.0 Å². The van der Waals surface area contributed by atoms with Crippen LogP contribution < -0.4 is 5.32 Å². The van der Waals surface area contributed by atoms with Crippen molar-refractivity contribution in [3.05, 3.63) is 60.0 Å². The van der Waals surface area contributed by atoms with E-state index in [4.69, 9.17) is 4.42 Å². The van der Waals surface area contributed by atoms with E-state index in [1.807, 2.05) is 43.3 Å². The largest absolute Gasteiger partial charge is 0.437 e. The van der Waals surface area contributed by atoms with E-state index in [9.17, 15) is 4.79 Å². The summed E-state index contributed by atoms with van der Waals surface area (Å²) in [5.41, 5.74) is 3.50. The zero-order valence-electron chi connectivity index (χ0n) is 12.8. The Labute approximate surface area is 141 Å². The molecule has 0 aliphatic heterocycles. The number of nitrogens with one attached hydrogen (secondary N) is 1. The zero-order chi connectivity index (χ0) is 16.5. The Kier molecular flexibility index (Phi) is 3.59. The fourth-order valence-corrected chi connectivity index (χ4v) is 3.31. The predicted octanol–water partition coefficient (Wildman–Crippen LogP) is 4.40. The number of nitrogens with zero attached hydrogens (tertiary/aromatic N) is 2. The van der Waals surface area contributed by atoms with Crippen LogP contribution in [0, 0.1) is 6.92 Å². The fraction of sp³-hybridized carbons (Fsp3) is 0.0556. The second kappa shape index (κ2) is 5.90. The van der Waals surface area contributed by atoms with Crippen molar-refractivity contribution in [1.29, 1.82) is 0 Å². The molecule has 0 fully saturated rings. The molecule has 0 saturated carbocycles. The van der Waals surface area contributed by atoms with E-state index in [0.29, 0.717) is 16.6 Å². The summed E-state index contributed by atoms with van der Waals surface area (Å²) in [6, 6.07) is 13.5. The Morgan fingerprint density at radius 3 is 2.92 bits per heavy atom. The predicted molar refractivity (Wildman–Crippen MR) is 96.0 cm³/mol. The van der Waals surface area contributed by atoms with Crippen molar-refractivity contribution in [2.75, 3.05) is 5.32 Å². The summed E-state index contributed by atoms with van der Waals surface area (Å²) in [5, 5.41) is 3.34. The molecule has 2 aromatic carbocycles. The molecule has 5 nitrogen and oxygen atoms in total. The van der Waals surface area contributed by atoms with E-state index in [0.717, 1.165) is 15.7 Å². The molecule has 0 aliphatic carbocycles. The molecule has 0 atom stereocenters. The van der Waals surface area contributed by atoms with Crippen LogP contribution in [-0.4, -0.2) is 15.9 Å². The van der Waals surface area contributed by atoms with E-state index in [1.54, 1.807) is 6.08 Å². The summed E-state index contributed by atoms with van der Waals surface area (Å²) in [6.07, 6.45) is 2.94.